The Morgan fingerprint density at radius 2 is 2.21 bits per heavy atom. The van der Waals surface area contributed by atoms with Crippen molar-refractivity contribution in [3.8, 4) is 0 Å². The summed E-state index contributed by atoms with van der Waals surface area (Å²) in [6, 6.07) is 6.03. The van der Waals surface area contributed by atoms with E-state index in [1.54, 1.807) is 0 Å². The highest BCUT2D eigenvalue weighted by atomic mass is 32.2. The summed E-state index contributed by atoms with van der Waals surface area (Å²) in [5, 5.41) is 6.47. The van der Waals surface area contributed by atoms with Crippen LogP contribution in [0.25, 0.3) is 0 Å². The number of thioether (sulfide) groups is 1. The number of nitrogens with one attached hydrogen (secondary N) is 2. The van der Waals surface area contributed by atoms with E-state index in [-0.39, 0.29) is 5.91 Å². The molecule has 1 unspecified atom stereocenters. The number of anilines is 2. The zero-order chi connectivity index (χ0) is 13.7. The van der Waals surface area contributed by atoms with E-state index < -0.39 is 0 Å². The summed E-state index contributed by atoms with van der Waals surface area (Å²) in [4.78, 5) is 11.5. The normalized spacial score (nSPS) is 18.3. The minimum absolute atomic E-state index is 0.0624. The van der Waals surface area contributed by atoms with Gasteiger partial charge in [-0.1, -0.05) is 13.0 Å². The van der Waals surface area contributed by atoms with Crippen molar-refractivity contribution in [2.45, 2.75) is 26.7 Å². The van der Waals surface area contributed by atoms with Gasteiger partial charge < -0.3 is 10.6 Å². The molecule has 0 radical (unpaired) electrons. The zero-order valence-corrected chi connectivity index (χ0v) is 12.5. The summed E-state index contributed by atoms with van der Waals surface area (Å²) in [6.07, 6.45) is 1.82. The van der Waals surface area contributed by atoms with Gasteiger partial charge in [-0.3, -0.25) is 4.79 Å². The lowest BCUT2D eigenvalue weighted by atomic mass is 10.1. The summed E-state index contributed by atoms with van der Waals surface area (Å²) >= 11 is 2.04. The monoisotopic (exact) mass is 278 g/mol. The van der Waals surface area contributed by atoms with Crippen LogP contribution in [0.2, 0.25) is 0 Å². The van der Waals surface area contributed by atoms with Crippen molar-refractivity contribution in [2.75, 3.05) is 28.7 Å². The van der Waals surface area contributed by atoms with Crippen LogP contribution >= 0.6 is 11.8 Å². The molecule has 4 heteroatoms. The number of amides is 1. The molecule has 2 rings (SSSR count). The predicted octanol–water partition coefficient (Wildman–Crippen LogP) is 3.51. The lowest BCUT2D eigenvalue weighted by molar-refractivity contribution is -0.115. The van der Waals surface area contributed by atoms with Crippen LogP contribution in [0.4, 0.5) is 11.4 Å². The standard InChI is InChI=1S/C15H22N2OS/c1-3-15(18)17-14-6-4-5-13(11(14)2)16-9-12-7-8-19-10-12/h4-6,12,16H,3,7-10H2,1-2H3,(H,17,18). The van der Waals surface area contributed by atoms with Crippen LogP contribution in [0.3, 0.4) is 0 Å². The van der Waals surface area contributed by atoms with Crippen molar-refractivity contribution in [2.24, 2.45) is 5.92 Å². The molecule has 1 fully saturated rings. The minimum atomic E-state index is 0.0624. The van der Waals surface area contributed by atoms with Crippen molar-refractivity contribution in [3.05, 3.63) is 23.8 Å². The molecule has 0 saturated carbocycles. The summed E-state index contributed by atoms with van der Waals surface area (Å²) in [5.74, 6) is 3.39. The molecule has 3 nitrogen and oxygen atoms in total. The maximum Gasteiger partial charge on any atom is 0.224 e. The van der Waals surface area contributed by atoms with Gasteiger partial charge >= 0.3 is 0 Å². The number of rotatable bonds is 5. The highest BCUT2D eigenvalue weighted by Gasteiger charge is 2.15. The van der Waals surface area contributed by atoms with Crippen LogP contribution < -0.4 is 10.6 Å². The van der Waals surface area contributed by atoms with Crippen molar-refractivity contribution in [1.82, 2.24) is 0 Å². The molecular weight excluding hydrogens is 256 g/mol. The lowest BCUT2D eigenvalue weighted by Gasteiger charge is -2.16. The Morgan fingerprint density at radius 1 is 1.42 bits per heavy atom. The van der Waals surface area contributed by atoms with E-state index >= 15 is 0 Å². The van der Waals surface area contributed by atoms with Crippen LogP contribution in [0.5, 0.6) is 0 Å². The molecule has 1 aliphatic rings. The number of carbonyl (C=O) groups excluding carboxylic acids is 1. The Bertz CT molecular complexity index is 442. The van der Waals surface area contributed by atoms with Gasteiger partial charge in [-0.15, -0.1) is 0 Å². The maximum atomic E-state index is 11.5. The van der Waals surface area contributed by atoms with Gasteiger partial charge in [0.15, 0.2) is 0 Å². The van der Waals surface area contributed by atoms with E-state index in [9.17, 15) is 4.79 Å². The Hall–Kier alpha value is -1.16. The molecule has 1 aliphatic heterocycles. The van der Waals surface area contributed by atoms with Gasteiger partial charge in [0.25, 0.3) is 0 Å². The van der Waals surface area contributed by atoms with Gasteiger partial charge in [-0.2, -0.15) is 11.8 Å². The van der Waals surface area contributed by atoms with Crippen LogP contribution in [-0.4, -0.2) is 24.0 Å². The largest absolute Gasteiger partial charge is 0.384 e. The molecule has 2 N–H and O–H groups in total. The van der Waals surface area contributed by atoms with Crippen molar-refractivity contribution in [1.29, 1.82) is 0 Å². The Kier molecular flexibility index (Phi) is 5.14. The first-order valence-corrected chi connectivity index (χ1v) is 8.07. The molecule has 1 saturated heterocycles. The molecule has 1 aromatic rings. The van der Waals surface area contributed by atoms with E-state index in [4.69, 9.17) is 0 Å². The second-order valence-corrected chi connectivity index (χ2v) is 6.14. The first-order chi connectivity index (χ1) is 9.20. The fourth-order valence-electron chi connectivity index (χ4n) is 2.20. The van der Waals surface area contributed by atoms with Crippen LogP contribution in [0.15, 0.2) is 18.2 Å². The van der Waals surface area contributed by atoms with E-state index in [0.29, 0.717) is 6.42 Å². The molecule has 0 spiro atoms. The molecule has 1 atom stereocenters. The highest BCUT2D eigenvalue weighted by molar-refractivity contribution is 7.99. The smallest absolute Gasteiger partial charge is 0.224 e. The molecule has 1 heterocycles. The van der Waals surface area contributed by atoms with Gasteiger partial charge in [-0.05, 0) is 48.5 Å². The number of benzene rings is 1. The average molecular weight is 278 g/mol. The summed E-state index contributed by atoms with van der Waals surface area (Å²) in [6.45, 7) is 4.94. The van der Waals surface area contributed by atoms with Gasteiger partial charge in [-0.25, -0.2) is 0 Å². The summed E-state index contributed by atoms with van der Waals surface area (Å²) in [7, 11) is 0. The van der Waals surface area contributed by atoms with E-state index in [0.717, 1.165) is 29.4 Å². The van der Waals surface area contributed by atoms with Crippen LogP contribution in [-0.2, 0) is 4.79 Å². The van der Waals surface area contributed by atoms with Gasteiger partial charge in [0.1, 0.15) is 0 Å². The second-order valence-electron chi connectivity index (χ2n) is 4.99. The van der Waals surface area contributed by atoms with Crippen LogP contribution in [0.1, 0.15) is 25.3 Å². The SMILES string of the molecule is CCC(=O)Nc1cccc(NCC2CCSC2)c1C. The maximum absolute atomic E-state index is 11.5. The molecule has 19 heavy (non-hydrogen) atoms. The molecule has 1 aromatic carbocycles. The fraction of sp³-hybridized carbons (Fsp3) is 0.533. The van der Waals surface area contributed by atoms with Crippen molar-refractivity contribution in [3.63, 3.8) is 0 Å². The number of hydrogen-bond donors (Lipinski definition) is 2. The molecule has 0 bridgehead atoms. The van der Waals surface area contributed by atoms with E-state index in [2.05, 4.69) is 23.6 Å². The molecule has 0 aliphatic carbocycles. The first kappa shape index (κ1) is 14.3. The Morgan fingerprint density at radius 3 is 2.89 bits per heavy atom. The number of carbonyl (C=O) groups is 1. The van der Waals surface area contributed by atoms with Gasteiger partial charge in [0.05, 0.1) is 0 Å². The fourth-order valence-corrected chi connectivity index (χ4v) is 3.48. The van der Waals surface area contributed by atoms with Gasteiger partial charge in [0, 0.05) is 24.3 Å². The van der Waals surface area contributed by atoms with Crippen molar-refractivity contribution < 1.29 is 4.79 Å². The van der Waals surface area contributed by atoms with E-state index in [1.807, 2.05) is 30.8 Å². The third-order valence-electron chi connectivity index (χ3n) is 3.53. The van der Waals surface area contributed by atoms with Crippen molar-refractivity contribution >= 4 is 29.0 Å². The minimum Gasteiger partial charge on any atom is -0.384 e. The molecule has 104 valence electrons. The average Bonchev–Trinajstić information content (AvgIpc) is 2.93. The topological polar surface area (TPSA) is 41.1 Å². The molecule has 1 amide bonds. The second kappa shape index (κ2) is 6.85. The first-order valence-electron chi connectivity index (χ1n) is 6.91. The van der Waals surface area contributed by atoms with Crippen LogP contribution in [0, 0.1) is 12.8 Å². The summed E-state index contributed by atoms with van der Waals surface area (Å²) in [5.41, 5.74) is 3.17. The summed E-state index contributed by atoms with van der Waals surface area (Å²) < 4.78 is 0. The molecular formula is C15H22N2OS. The van der Waals surface area contributed by atoms with E-state index in [1.165, 1.54) is 17.9 Å². The van der Waals surface area contributed by atoms with Gasteiger partial charge in [0.2, 0.25) is 5.91 Å². The third-order valence-corrected chi connectivity index (χ3v) is 4.77. The highest BCUT2D eigenvalue weighted by Crippen LogP contribution is 2.26. The number of hydrogen-bond acceptors (Lipinski definition) is 3. The Balaban J connectivity index is 1.99. The lowest BCUT2D eigenvalue weighted by Crippen LogP contribution is -2.15. The quantitative estimate of drug-likeness (QED) is 0.866. The Labute approximate surface area is 119 Å². The molecule has 0 aromatic heterocycles. The third kappa shape index (κ3) is 3.90. The zero-order valence-electron chi connectivity index (χ0n) is 11.7. The predicted molar refractivity (Wildman–Crippen MR) is 84.0 cm³/mol.